The predicted octanol–water partition coefficient (Wildman–Crippen LogP) is 1.47. The summed E-state index contributed by atoms with van der Waals surface area (Å²) < 4.78 is 1.45. The lowest BCUT2D eigenvalue weighted by Crippen LogP contribution is -2.16. The first kappa shape index (κ1) is 14.4. The van der Waals surface area contributed by atoms with E-state index >= 15 is 0 Å². The molecule has 1 aromatic heterocycles. The highest BCUT2D eigenvalue weighted by atomic mass is 16.4. The van der Waals surface area contributed by atoms with Gasteiger partial charge in [0, 0.05) is 18.7 Å². The Morgan fingerprint density at radius 3 is 2.76 bits per heavy atom. The molecule has 0 aliphatic carbocycles. The molecule has 21 heavy (non-hydrogen) atoms. The third-order valence-corrected chi connectivity index (χ3v) is 2.86. The Labute approximate surface area is 120 Å². The number of carbonyl (C=O) groups excluding carboxylic acids is 1. The van der Waals surface area contributed by atoms with E-state index in [1.165, 1.54) is 17.1 Å². The highest BCUT2D eigenvalue weighted by Gasteiger charge is 2.12. The Hall–Kier alpha value is -2.96. The second kappa shape index (κ2) is 6.00. The molecule has 0 unspecified atom stereocenters. The summed E-state index contributed by atoms with van der Waals surface area (Å²) in [4.78, 5) is 26.7. The summed E-state index contributed by atoms with van der Waals surface area (Å²) in [7, 11) is 1.67. The standard InChI is InChI=1S/C14H14N4O3/c1-9-3-4-10(5-6-12(19)20)7-11(9)13(21)17-14-15-8-16-18(14)2/h3-8H,1-2H3,(H,19,20)(H,15,16,17,21)/b6-5+. The molecular formula is C14H14N4O3. The lowest BCUT2D eigenvalue weighted by Gasteiger charge is -2.07. The molecule has 0 radical (unpaired) electrons. The number of carbonyl (C=O) groups is 2. The van der Waals surface area contributed by atoms with Gasteiger partial charge in [0.25, 0.3) is 5.91 Å². The van der Waals surface area contributed by atoms with Crippen LogP contribution < -0.4 is 5.32 Å². The van der Waals surface area contributed by atoms with Gasteiger partial charge in [-0.25, -0.2) is 9.48 Å². The number of benzene rings is 1. The zero-order valence-electron chi connectivity index (χ0n) is 11.6. The number of hydrogen-bond acceptors (Lipinski definition) is 4. The first-order valence-electron chi connectivity index (χ1n) is 6.14. The van der Waals surface area contributed by atoms with Crippen molar-refractivity contribution in [2.75, 3.05) is 5.32 Å². The van der Waals surface area contributed by atoms with Crippen LogP contribution in [0, 0.1) is 6.92 Å². The third kappa shape index (κ3) is 3.53. The van der Waals surface area contributed by atoms with E-state index < -0.39 is 5.97 Å². The maximum Gasteiger partial charge on any atom is 0.328 e. The molecule has 1 amide bonds. The second-order valence-corrected chi connectivity index (χ2v) is 4.41. The summed E-state index contributed by atoms with van der Waals surface area (Å²) >= 11 is 0. The number of aryl methyl sites for hydroxylation is 2. The number of aliphatic carboxylic acids is 1. The van der Waals surface area contributed by atoms with E-state index in [1.807, 2.05) is 0 Å². The molecule has 0 saturated carbocycles. The van der Waals surface area contributed by atoms with Crippen LogP contribution in [0.2, 0.25) is 0 Å². The first-order valence-corrected chi connectivity index (χ1v) is 6.14. The van der Waals surface area contributed by atoms with Gasteiger partial charge in [0.05, 0.1) is 0 Å². The number of amides is 1. The van der Waals surface area contributed by atoms with Crippen LogP contribution in [0.4, 0.5) is 5.95 Å². The van der Waals surface area contributed by atoms with Crippen molar-refractivity contribution in [2.24, 2.45) is 7.05 Å². The van der Waals surface area contributed by atoms with E-state index in [-0.39, 0.29) is 5.91 Å². The molecule has 2 N–H and O–H groups in total. The molecule has 2 aromatic rings. The molecule has 0 aliphatic heterocycles. The molecular weight excluding hydrogens is 272 g/mol. The molecule has 7 heteroatoms. The van der Waals surface area contributed by atoms with Crippen LogP contribution in [0.1, 0.15) is 21.5 Å². The maximum absolute atomic E-state index is 12.2. The Morgan fingerprint density at radius 1 is 1.38 bits per heavy atom. The van der Waals surface area contributed by atoms with Crippen LogP contribution in [-0.4, -0.2) is 31.7 Å². The van der Waals surface area contributed by atoms with Crippen LogP contribution in [0.5, 0.6) is 0 Å². The summed E-state index contributed by atoms with van der Waals surface area (Å²) in [6.07, 6.45) is 3.80. The van der Waals surface area contributed by atoms with Gasteiger partial charge in [-0.15, -0.1) is 0 Å². The molecule has 0 spiro atoms. The highest BCUT2D eigenvalue weighted by Crippen LogP contribution is 2.14. The van der Waals surface area contributed by atoms with Gasteiger partial charge in [-0.3, -0.25) is 10.1 Å². The number of rotatable bonds is 4. The number of hydrogen-bond donors (Lipinski definition) is 2. The van der Waals surface area contributed by atoms with E-state index in [0.717, 1.165) is 11.6 Å². The van der Waals surface area contributed by atoms with Crippen molar-refractivity contribution < 1.29 is 14.7 Å². The molecule has 0 saturated heterocycles. The lowest BCUT2D eigenvalue weighted by molar-refractivity contribution is -0.131. The minimum atomic E-state index is -1.04. The van der Waals surface area contributed by atoms with E-state index in [2.05, 4.69) is 15.4 Å². The number of aromatic nitrogens is 3. The van der Waals surface area contributed by atoms with Crippen molar-refractivity contribution in [3.8, 4) is 0 Å². The average molecular weight is 286 g/mol. The highest BCUT2D eigenvalue weighted by molar-refractivity contribution is 6.04. The van der Waals surface area contributed by atoms with Crippen LogP contribution in [0.3, 0.4) is 0 Å². The van der Waals surface area contributed by atoms with Crippen LogP contribution in [-0.2, 0) is 11.8 Å². The fourth-order valence-electron chi connectivity index (χ4n) is 1.73. The number of nitrogens with zero attached hydrogens (tertiary/aromatic N) is 3. The Kier molecular flexibility index (Phi) is 4.13. The fourth-order valence-corrected chi connectivity index (χ4v) is 1.73. The molecule has 2 rings (SSSR count). The molecule has 1 heterocycles. The van der Waals surface area contributed by atoms with Gasteiger partial charge in [0.1, 0.15) is 6.33 Å². The summed E-state index contributed by atoms with van der Waals surface area (Å²) in [5.41, 5.74) is 1.86. The smallest absolute Gasteiger partial charge is 0.328 e. The zero-order chi connectivity index (χ0) is 15.4. The van der Waals surface area contributed by atoms with Crippen LogP contribution >= 0.6 is 0 Å². The van der Waals surface area contributed by atoms with E-state index in [4.69, 9.17) is 5.11 Å². The second-order valence-electron chi connectivity index (χ2n) is 4.41. The third-order valence-electron chi connectivity index (χ3n) is 2.86. The van der Waals surface area contributed by atoms with E-state index in [9.17, 15) is 9.59 Å². The average Bonchev–Trinajstić information content (AvgIpc) is 2.83. The quantitative estimate of drug-likeness (QED) is 0.830. The van der Waals surface area contributed by atoms with E-state index in [1.54, 1.807) is 32.2 Å². The van der Waals surface area contributed by atoms with Crippen molar-refractivity contribution in [2.45, 2.75) is 6.92 Å². The van der Waals surface area contributed by atoms with Gasteiger partial charge in [-0.05, 0) is 30.2 Å². The SMILES string of the molecule is Cc1ccc(/C=C/C(=O)O)cc1C(=O)Nc1ncnn1C. The van der Waals surface area contributed by atoms with Gasteiger partial charge in [0.2, 0.25) is 5.95 Å². The Balaban J connectivity index is 2.26. The van der Waals surface area contributed by atoms with Crippen molar-refractivity contribution in [1.82, 2.24) is 14.8 Å². The van der Waals surface area contributed by atoms with Gasteiger partial charge in [0.15, 0.2) is 0 Å². The molecule has 0 aliphatic rings. The molecule has 108 valence electrons. The van der Waals surface area contributed by atoms with Gasteiger partial charge >= 0.3 is 5.97 Å². The maximum atomic E-state index is 12.2. The topological polar surface area (TPSA) is 97.1 Å². The number of nitrogens with one attached hydrogen (secondary N) is 1. The summed E-state index contributed by atoms with van der Waals surface area (Å²) in [6, 6.07) is 5.13. The van der Waals surface area contributed by atoms with Crippen molar-refractivity contribution in [3.05, 3.63) is 47.3 Å². The Bertz CT molecular complexity index is 719. The van der Waals surface area contributed by atoms with Gasteiger partial charge in [-0.2, -0.15) is 10.1 Å². The summed E-state index contributed by atoms with van der Waals surface area (Å²) in [6.45, 7) is 1.80. The minimum Gasteiger partial charge on any atom is -0.478 e. The van der Waals surface area contributed by atoms with Crippen molar-refractivity contribution in [3.63, 3.8) is 0 Å². The monoisotopic (exact) mass is 286 g/mol. The Morgan fingerprint density at radius 2 is 2.14 bits per heavy atom. The van der Waals surface area contributed by atoms with Gasteiger partial charge < -0.3 is 5.11 Å². The van der Waals surface area contributed by atoms with Crippen molar-refractivity contribution >= 4 is 23.9 Å². The van der Waals surface area contributed by atoms with Crippen LogP contribution in [0.15, 0.2) is 30.6 Å². The molecule has 0 fully saturated rings. The zero-order valence-corrected chi connectivity index (χ0v) is 11.6. The molecule has 7 nitrogen and oxygen atoms in total. The van der Waals surface area contributed by atoms with Crippen molar-refractivity contribution in [1.29, 1.82) is 0 Å². The predicted molar refractivity (Wildman–Crippen MR) is 76.8 cm³/mol. The molecule has 0 bridgehead atoms. The summed E-state index contributed by atoms with van der Waals surface area (Å²) in [5, 5.41) is 15.1. The first-order chi connectivity index (χ1) is 9.97. The normalized spacial score (nSPS) is 10.8. The number of carboxylic acids is 1. The number of carboxylic acid groups (broad SMARTS) is 1. The van der Waals surface area contributed by atoms with E-state index in [0.29, 0.717) is 17.1 Å². The fraction of sp³-hybridized carbons (Fsp3) is 0.143. The largest absolute Gasteiger partial charge is 0.478 e. The lowest BCUT2D eigenvalue weighted by atomic mass is 10.0. The molecule has 0 atom stereocenters. The minimum absolute atomic E-state index is 0.325. The van der Waals surface area contributed by atoms with Gasteiger partial charge in [-0.1, -0.05) is 12.1 Å². The van der Waals surface area contributed by atoms with Crippen LogP contribution in [0.25, 0.3) is 6.08 Å². The summed E-state index contributed by atoms with van der Waals surface area (Å²) in [5.74, 6) is -1.03. The number of anilines is 1. The molecule has 1 aromatic carbocycles.